The topological polar surface area (TPSA) is 75.4 Å². The van der Waals surface area contributed by atoms with Crippen LogP contribution in [0.2, 0.25) is 0 Å². The summed E-state index contributed by atoms with van der Waals surface area (Å²) in [6, 6.07) is 3.85. The van der Waals surface area contributed by atoms with Gasteiger partial charge < -0.3 is 9.32 Å². The van der Waals surface area contributed by atoms with E-state index in [-0.39, 0.29) is 11.3 Å². The van der Waals surface area contributed by atoms with Crippen LogP contribution in [0.1, 0.15) is 38.5 Å². The van der Waals surface area contributed by atoms with Gasteiger partial charge in [0.15, 0.2) is 0 Å². The molecular formula is C17H23N3O3S. The highest BCUT2D eigenvalue weighted by Crippen LogP contribution is 2.29. The van der Waals surface area contributed by atoms with Crippen LogP contribution in [0.5, 0.6) is 0 Å². The van der Waals surface area contributed by atoms with Crippen molar-refractivity contribution >= 4 is 26.8 Å². The Morgan fingerprint density at radius 1 is 1.17 bits per heavy atom. The van der Waals surface area contributed by atoms with Crippen molar-refractivity contribution in [3.63, 3.8) is 0 Å². The number of anilines is 1. The molecule has 0 aromatic carbocycles. The number of hydrogen-bond acceptors (Lipinski definition) is 5. The largest absolute Gasteiger partial charge is 0.464 e. The Morgan fingerprint density at radius 3 is 2.83 bits per heavy atom. The van der Waals surface area contributed by atoms with E-state index in [9.17, 15) is 8.42 Å². The van der Waals surface area contributed by atoms with Crippen molar-refractivity contribution < 1.29 is 12.8 Å². The fraction of sp³-hybridized carbons (Fsp3) is 0.588. The number of fused-ring (bicyclic) bond motifs is 1. The van der Waals surface area contributed by atoms with Crippen LogP contribution in [0.25, 0.3) is 11.0 Å². The molecule has 1 saturated heterocycles. The molecule has 4 rings (SSSR count). The first-order valence-corrected chi connectivity index (χ1v) is 10.3. The van der Waals surface area contributed by atoms with Crippen LogP contribution >= 0.6 is 0 Å². The maximum atomic E-state index is 12.8. The molecule has 7 heteroatoms. The van der Waals surface area contributed by atoms with Crippen molar-refractivity contribution in [1.82, 2.24) is 9.71 Å². The second-order valence-electron chi connectivity index (χ2n) is 6.82. The maximum absolute atomic E-state index is 12.8. The standard InChI is InChI=1S/C17H23N3O3S/c21-24(22,19-13-4-1-2-5-13)14-6-3-10-20(12-14)17-15-8-11-23-16(15)7-9-18-17/h7-9,11,13-14,19H,1-6,10,12H2/t14-/m0/s1. The molecule has 1 aliphatic heterocycles. The van der Waals surface area contributed by atoms with Crippen LogP contribution < -0.4 is 9.62 Å². The van der Waals surface area contributed by atoms with Crippen molar-refractivity contribution in [3.8, 4) is 0 Å². The van der Waals surface area contributed by atoms with E-state index in [1.165, 1.54) is 0 Å². The third-order valence-corrected chi connectivity index (χ3v) is 7.09. The van der Waals surface area contributed by atoms with Crippen LogP contribution in [-0.4, -0.2) is 37.8 Å². The summed E-state index contributed by atoms with van der Waals surface area (Å²) < 4.78 is 33.9. The lowest BCUT2D eigenvalue weighted by molar-refractivity contribution is 0.505. The van der Waals surface area contributed by atoms with Gasteiger partial charge in [-0.15, -0.1) is 0 Å². The molecule has 2 aromatic rings. The van der Waals surface area contributed by atoms with Crippen LogP contribution in [0, 0.1) is 0 Å². The van der Waals surface area contributed by atoms with Gasteiger partial charge >= 0.3 is 0 Å². The van der Waals surface area contributed by atoms with Gasteiger partial charge in [-0.1, -0.05) is 12.8 Å². The Labute approximate surface area is 142 Å². The number of pyridine rings is 1. The molecule has 24 heavy (non-hydrogen) atoms. The molecule has 0 amide bonds. The fourth-order valence-electron chi connectivity index (χ4n) is 3.89. The van der Waals surface area contributed by atoms with Gasteiger partial charge in [0.2, 0.25) is 10.0 Å². The normalized spacial score (nSPS) is 23.2. The predicted molar refractivity (Wildman–Crippen MR) is 93.6 cm³/mol. The molecule has 1 atom stereocenters. The molecule has 2 aromatic heterocycles. The summed E-state index contributed by atoms with van der Waals surface area (Å²) >= 11 is 0. The zero-order chi connectivity index (χ0) is 16.6. The third-order valence-electron chi connectivity index (χ3n) is 5.16. The molecule has 2 fully saturated rings. The summed E-state index contributed by atoms with van der Waals surface area (Å²) in [6.07, 6.45) is 9.10. The van der Waals surface area contributed by atoms with Gasteiger partial charge in [0, 0.05) is 25.3 Å². The van der Waals surface area contributed by atoms with E-state index < -0.39 is 10.0 Å². The Balaban J connectivity index is 1.54. The number of nitrogens with one attached hydrogen (secondary N) is 1. The summed E-state index contributed by atoms with van der Waals surface area (Å²) in [5.41, 5.74) is 0.786. The number of piperidine rings is 1. The Morgan fingerprint density at radius 2 is 2.00 bits per heavy atom. The lowest BCUT2D eigenvalue weighted by Gasteiger charge is -2.34. The van der Waals surface area contributed by atoms with E-state index in [1.807, 2.05) is 12.1 Å². The predicted octanol–water partition coefficient (Wildman–Crippen LogP) is 2.66. The van der Waals surface area contributed by atoms with Crippen LogP contribution in [0.15, 0.2) is 29.0 Å². The minimum Gasteiger partial charge on any atom is -0.464 e. The van der Waals surface area contributed by atoms with Crippen molar-refractivity contribution in [2.24, 2.45) is 0 Å². The summed E-state index contributed by atoms with van der Waals surface area (Å²) in [5.74, 6) is 0.821. The molecular weight excluding hydrogens is 326 g/mol. The first-order valence-electron chi connectivity index (χ1n) is 8.72. The van der Waals surface area contributed by atoms with Crippen molar-refractivity contribution in [2.45, 2.75) is 49.8 Å². The molecule has 0 radical (unpaired) electrons. The van der Waals surface area contributed by atoms with Gasteiger partial charge in [-0.25, -0.2) is 18.1 Å². The molecule has 2 aliphatic rings. The molecule has 0 spiro atoms. The number of nitrogens with zero attached hydrogens (tertiary/aromatic N) is 2. The molecule has 6 nitrogen and oxygen atoms in total. The lowest BCUT2D eigenvalue weighted by Crippen LogP contribution is -2.48. The average Bonchev–Trinajstić information content (AvgIpc) is 3.25. The minimum absolute atomic E-state index is 0.126. The van der Waals surface area contributed by atoms with Crippen molar-refractivity contribution in [3.05, 3.63) is 24.6 Å². The zero-order valence-electron chi connectivity index (χ0n) is 13.6. The number of hydrogen-bond donors (Lipinski definition) is 1. The van der Waals surface area contributed by atoms with Gasteiger partial charge in [0.1, 0.15) is 11.4 Å². The molecule has 0 bridgehead atoms. The Hall–Kier alpha value is -1.60. The fourth-order valence-corrected chi connectivity index (χ4v) is 5.63. The molecule has 1 saturated carbocycles. The van der Waals surface area contributed by atoms with Gasteiger partial charge in [0.05, 0.1) is 16.9 Å². The maximum Gasteiger partial charge on any atom is 0.216 e. The van der Waals surface area contributed by atoms with Gasteiger partial charge in [-0.3, -0.25) is 0 Å². The van der Waals surface area contributed by atoms with E-state index in [0.717, 1.165) is 55.4 Å². The van der Waals surface area contributed by atoms with Crippen LogP contribution in [0.3, 0.4) is 0 Å². The number of aromatic nitrogens is 1. The quantitative estimate of drug-likeness (QED) is 0.918. The summed E-state index contributed by atoms with van der Waals surface area (Å²) in [5, 5.41) is 0.565. The highest BCUT2D eigenvalue weighted by atomic mass is 32.2. The second kappa shape index (κ2) is 6.37. The summed E-state index contributed by atoms with van der Waals surface area (Å²) in [4.78, 5) is 6.56. The van der Waals surface area contributed by atoms with E-state index in [1.54, 1.807) is 12.5 Å². The molecule has 130 valence electrons. The average molecular weight is 349 g/mol. The summed E-state index contributed by atoms with van der Waals surface area (Å²) in [7, 11) is -3.29. The van der Waals surface area contributed by atoms with Crippen molar-refractivity contribution in [2.75, 3.05) is 18.0 Å². The third kappa shape index (κ3) is 3.02. The van der Waals surface area contributed by atoms with Gasteiger partial charge in [0.25, 0.3) is 0 Å². The van der Waals surface area contributed by atoms with Gasteiger partial charge in [-0.05, 0) is 37.8 Å². The Kier molecular flexibility index (Phi) is 4.22. The molecule has 1 N–H and O–H groups in total. The first-order chi connectivity index (χ1) is 11.6. The number of furan rings is 1. The van der Waals surface area contributed by atoms with Crippen molar-refractivity contribution in [1.29, 1.82) is 0 Å². The number of rotatable bonds is 4. The second-order valence-corrected chi connectivity index (χ2v) is 8.81. The summed E-state index contributed by atoms with van der Waals surface area (Å²) in [6.45, 7) is 1.31. The molecule has 3 heterocycles. The lowest BCUT2D eigenvalue weighted by atomic mass is 10.1. The van der Waals surface area contributed by atoms with E-state index in [0.29, 0.717) is 13.0 Å². The van der Waals surface area contributed by atoms with Crippen LogP contribution in [-0.2, 0) is 10.0 Å². The van der Waals surface area contributed by atoms with Crippen LogP contribution in [0.4, 0.5) is 5.82 Å². The SMILES string of the molecule is O=S(=O)(NC1CCCC1)[C@H]1CCCN(c2nccc3occc23)C1. The highest BCUT2D eigenvalue weighted by Gasteiger charge is 2.33. The monoisotopic (exact) mass is 349 g/mol. The van der Waals surface area contributed by atoms with E-state index in [2.05, 4.69) is 14.6 Å². The van der Waals surface area contributed by atoms with Gasteiger partial charge in [-0.2, -0.15) is 0 Å². The smallest absolute Gasteiger partial charge is 0.216 e. The number of sulfonamides is 1. The highest BCUT2D eigenvalue weighted by molar-refractivity contribution is 7.90. The molecule has 0 unspecified atom stereocenters. The first kappa shape index (κ1) is 15.9. The van der Waals surface area contributed by atoms with E-state index in [4.69, 9.17) is 4.42 Å². The Bertz CT molecular complexity index is 811. The van der Waals surface area contributed by atoms with E-state index >= 15 is 0 Å². The zero-order valence-corrected chi connectivity index (χ0v) is 14.5. The minimum atomic E-state index is -3.29. The molecule has 1 aliphatic carbocycles.